The van der Waals surface area contributed by atoms with E-state index < -0.39 is 40.3 Å². The molecule has 1 N–H and O–H groups in total. The number of carboxylic acid groups (broad SMARTS) is 1. The molecule has 1 fully saturated rings. The van der Waals surface area contributed by atoms with Gasteiger partial charge in [0.25, 0.3) is 11.6 Å². The van der Waals surface area contributed by atoms with Gasteiger partial charge in [-0.15, -0.1) is 0 Å². The molecule has 2 unspecified atom stereocenters. The maximum absolute atomic E-state index is 13.5. The molecule has 2 atom stereocenters. The van der Waals surface area contributed by atoms with Crippen molar-refractivity contribution in [1.82, 2.24) is 4.90 Å². The molecular weight excluding hydrogens is 363 g/mol. The molecule has 1 aromatic carbocycles. The number of rotatable bonds is 3. The van der Waals surface area contributed by atoms with E-state index in [2.05, 4.69) is 15.9 Å². The van der Waals surface area contributed by atoms with Crippen LogP contribution in [0.1, 0.15) is 23.7 Å². The minimum absolute atomic E-state index is 0.116. The maximum atomic E-state index is 13.5. The zero-order chi connectivity index (χ0) is 16.6. The van der Waals surface area contributed by atoms with E-state index in [1.165, 1.54) is 4.90 Å². The van der Waals surface area contributed by atoms with Crippen molar-refractivity contribution in [3.8, 4) is 0 Å². The van der Waals surface area contributed by atoms with E-state index in [-0.39, 0.29) is 23.0 Å². The Hall–Kier alpha value is -2.03. The molecule has 0 radical (unpaired) electrons. The molecule has 2 rings (SSSR count). The Morgan fingerprint density at radius 1 is 1.50 bits per heavy atom. The second kappa shape index (κ2) is 5.99. The Balaban J connectivity index is 2.39. The molecule has 1 heterocycles. The zero-order valence-corrected chi connectivity index (χ0v) is 13.0. The van der Waals surface area contributed by atoms with Crippen molar-refractivity contribution in [2.24, 2.45) is 5.92 Å². The van der Waals surface area contributed by atoms with Crippen LogP contribution in [0.15, 0.2) is 16.6 Å². The van der Waals surface area contributed by atoms with Crippen molar-refractivity contribution in [2.45, 2.75) is 19.4 Å². The standard InChI is InChI=1S/C13H12BrFN2O5/c1-6-8(13(19)20)2-3-16(6)12(18)9-4-7(15)5-10(11(9)14)17(21)22/h4-6,8H,2-3H2,1H3,(H,19,20). The van der Waals surface area contributed by atoms with E-state index in [0.29, 0.717) is 6.07 Å². The second-order valence-corrected chi connectivity index (χ2v) is 5.81. The van der Waals surface area contributed by atoms with Gasteiger partial charge in [0.1, 0.15) is 10.3 Å². The monoisotopic (exact) mass is 374 g/mol. The highest BCUT2D eigenvalue weighted by atomic mass is 79.9. The van der Waals surface area contributed by atoms with Gasteiger partial charge >= 0.3 is 5.97 Å². The largest absolute Gasteiger partial charge is 0.481 e. The third kappa shape index (κ3) is 2.80. The van der Waals surface area contributed by atoms with Gasteiger partial charge < -0.3 is 10.0 Å². The number of amides is 1. The molecule has 0 spiro atoms. The molecule has 0 aromatic heterocycles. The van der Waals surface area contributed by atoms with E-state index in [1.807, 2.05) is 0 Å². The van der Waals surface area contributed by atoms with Crippen LogP contribution in [0.5, 0.6) is 0 Å². The number of likely N-dealkylation sites (tertiary alicyclic amines) is 1. The van der Waals surface area contributed by atoms with Gasteiger partial charge in [-0.05, 0) is 35.3 Å². The normalized spacial score (nSPS) is 21.0. The molecular formula is C13H12BrFN2O5. The van der Waals surface area contributed by atoms with Crippen LogP contribution in [-0.2, 0) is 4.79 Å². The topological polar surface area (TPSA) is 101 Å². The van der Waals surface area contributed by atoms with Crippen LogP contribution in [0, 0.1) is 21.8 Å². The first-order valence-corrected chi connectivity index (χ1v) is 7.20. The molecule has 118 valence electrons. The van der Waals surface area contributed by atoms with Gasteiger partial charge in [0.05, 0.1) is 22.5 Å². The van der Waals surface area contributed by atoms with Crippen molar-refractivity contribution >= 4 is 33.5 Å². The van der Waals surface area contributed by atoms with Crippen molar-refractivity contribution < 1.29 is 24.0 Å². The first kappa shape index (κ1) is 16.3. The molecule has 1 saturated heterocycles. The van der Waals surface area contributed by atoms with Crippen LogP contribution in [-0.4, -0.2) is 39.4 Å². The van der Waals surface area contributed by atoms with E-state index >= 15 is 0 Å². The number of carbonyl (C=O) groups is 2. The van der Waals surface area contributed by atoms with Gasteiger partial charge in [-0.25, -0.2) is 4.39 Å². The predicted octanol–water partition coefficient (Wildman–Crippen LogP) is 2.43. The molecule has 0 saturated carbocycles. The van der Waals surface area contributed by atoms with Gasteiger partial charge in [0.15, 0.2) is 0 Å². The minimum Gasteiger partial charge on any atom is -0.481 e. The number of carboxylic acids is 1. The first-order chi connectivity index (χ1) is 10.2. The lowest BCUT2D eigenvalue weighted by Crippen LogP contribution is -2.37. The molecule has 1 aliphatic heterocycles. The summed E-state index contributed by atoms with van der Waals surface area (Å²) in [7, 11) is 0. The Bertz CT molecular complexity index is 666. The van der Waals surface area contributed by atoms with Gasteiger partial charge in [-0.2, -0.15) is 0 Å². The number of hydrogen-bond acceptors (Lipinski definition) is 4. The Morgan fingerprint density at radius 3 is 2.64 bits per heavy atom. The van der Waals surface area contributed by atoms with Gasteiger partial charge in [-0.3, -0.25) is 19.7 Å². The van der Waals surface area contributed by atoms with E-state index in [9.17, 15) is 24.1 Å². The van der Waals surface area contributed by atoms with Crippen LogP contribution in [0.4, 0.5) is 10.1 Å². The minimum atomic E-state index is -1.01. The lowest BCUT2D eigenvalue weighted by Gasteiger charge is -2.23. The number of nitro groups is 1. The molecule has 0 aliphatic carbocycles. The van der Waals surface area contributed by atoms with Crippen molar-refractivity contribution in [3.63, 3.8) is 0 Å². The van der Waals surface area contributed by atoms with Crippen molar-refractivity contribution in [2.75, 3.05) is 6.54 Å². The third-order valence-corrected chi connectivity index (χ3v) is 4.61. The molecule has 0 bridgehead atoms. The van der Waals surface area contributed by atoms with Crippen molar-refractivity contribution in [3.05, 3.63) is 38.1 Å². The molecule has 22 heavy (non-hydrogen) atoms. The SMILES string of the molecule is CC1C(C(=O)O)CCN1C(=O)c1cc(F)cc([N+](=O)[O-])c1Br. The predicted molar refractivity (Wildman–Crippen MR) is 77.0 cm³/mol. The lowest BCUT2D eigenvalue weighted by atomic mass is 10.0. The lowest BCUT2D eigenvalue weighted by molar-refractivity contribution is -0.385. The average molecular weight is 375 g/mol. The van der Waals surface area contributed by atoms with E-state index in [4.69, 9.17) is 5.11 Å². The number of hydrogen-bond donors (Lipinski definition) is 1. The van der Waals surface area contributed by atoms with Crippen LogP contribution >= 0.6 is 15.9 Å². The summed E-state index contributed by atoms with van der Waals surface area (Å²) in [4.78, 5) is 35.0. The number of benzene rings is 1. The highest BCUT2D eigenvalue weighted by molar-refractivity contribution is 9.10. The maximum Gasteiger partial charge on any atom is 0.308 e. The van der Waals surface area contributed by atoms with Gasteiger partial charge in [0, 0.05) is 12.6 Å². The molecule has 9 heteroatoms. The summed E-state index contributed by atoms with van der Waals surface area (Å²) in [5.41, 5.74) is -0.741. The molecule has 1 aromatic rings. The van der Waals surface area contributed by atoms with Crippen LogP contribution in [0.2, 0.25) is 0 Å². The summed E-state index contributed by atoms with van der Waals surface area (Å²) < 4.78 is 13.4. The smallest absolute Gasteiger partial charge is 0.308 e. The second-order valence-electron chi connectivity index (χ2n) is 5.02. The van der Waals surface area contributed by atoms with E-state index in [1.54, 1.807) is 6.92 Å². The number of nitrogens with zero attached hydrogens (tertiary/aromatic N) is 2. The Kier molecular flexibility index (Phi) is 4.45. The fourth-order valence-corrected chi connectivity index (χ4v) is 3.12. The number of halogens is 2. The Morgan fingerprint density at radius 2 is 2.14 bits per heavy atom. The van der Waals surface area contributed by atoms with E-state index in [0.717, 1.165) is 6.07 Å². The van der Waals surface area contributed by atoms with Crippen LogP contribution in [0.3, 0.4) is 0 Å². The van der Waals surface area contributed by atoms with Gasteiger partial charge in [0.2, 0.25) is 0 Å². The quantitative estimate of drug-likeness (QED) is 0.646. The average Bonchev–Trinajstić information content (AvgIpc) is 2.81. The summed E-state index contributed by atoms with van der Waals surface area (Å²) in [5.74, 6) is -3.25. The third-order valence-electron chi connectivity index (χ3n) is 3.78. The number of aliphatic carboxylic acids is 1. The van der Waals surface area contributed by atoms with Crippen molar-refractivity contribution in [1.29, 1.82) is 0 Å². The summed E-state index contributed by atoms with van der Waals surface area (Å²) in [5, 5.41) is 20.0. The summed E-state index contributed by atoms with van der Waals surface area (Å²) >= 11 is 2.96. The summed E-state index contributed by atoms with van der Waals surface area (Å²) in [6, 6.07) is 1.05. The highest BCUT2D eigenvalue weighted by Gasteiger charge is 2.39. The van der Waals surface area contributed by atoms with Crippen LogP contribution in [0.25, 0.3) is 0 Å². The van der Waals surface area contributed by atoms with Crippen LogP contribution < -0.4 is 0 Å². The molecule has 7 nitrogen and oxygen atoms in total. The first-order valence-electron chi connectivity index (χ1n) is 6.41. The summed E-state index contributed by atoms with van der Waals surface area (Å²) in [6.07, 6.45) is 0.289. The van der Waals surface area contributed by atoms with Gasteiger partial charge in [-0.1, -0.05) is 0 Å². The zero-order valence-electron chi connectivity index (χ0n) is 11.5. The Labute approximate surface area is 133 Å². The molecule has 1 amide bonds. The molecule has 1 aliphatic rings. The summed E-state index contributed by atoms with van der Waals surface area (Å²) in [6.45, 7) is 1.79. The number of nitro benzene ring substituents is 1. The fraction of sp³-hybridized carbons (Fsp3) is 0.385. The highest BCUT2D eigenvalue weighted by Crippen LogP contribution is 2.33. The fourth-order valence-electron chi connectivity index (χ4n) is 2.57. The number of carbonyl (C=O) groups excluding carboxylic acids is 1.